The molecule has 0 spiro atoms. The van der Waals surface area contributed by atoms with E-state index in [1.165, 1.54) is 12.1 Å². The van der Waals surface area contributed by atoms with Crippen molar-refractivity contribution in [3.63, 3.8) is 0 Å². The Labute approximate surface area is 161 Å². The third-order valence-corrected chi connectivity index (χ3v) is 4.82. The van der Waals surface area contributed by atoms with Crippen molar-refractivity contribution in [2.24, 2.45) is 5.84 Å². The summed E-state index contributed by atoms with van der Waals surface area (Å²) in [5.41, 5.74) is 1.26. The third kappa shape index (κ3) is 4.05. The van der Waals surface area contributed by atoms with Crippen molar-refractivity contribution < 1.29 is 22.0 Å². The molecule has 0 saturated carbocycles. The second-order valence-electron chi connectivity index (χ2n) is 6.11. The lowest BCUT2D eigenvalue weighted by atomic mass is 9.96. The summed E-state index contributed by atoms with van der Waals surface area (Å²) in [5.74, 6) is 2.56. The number of hydrazine groups is 1. The molecular weight excluding hydrogens is 410 g/mol. The van der Waals surface area contributed by atoms with Gasteiger partial charge in [0.25, 0.3) is 0 Å². The van der Waals surface area contributed by atoms with Gasteiger partial charge in [0.1, 0.15) is 0 Å². The van der Waals surface area contributed by atoms with E-state index in [-0.39, 0.29) is 12.0 Å². The topological polar surface area (TPSA) is 29.3 Å². The van der Waals surface area contributed by atoms with Crippen molar-refractivity contribution in [1.29, 1.82) is 0 Å². The van der Waals surface area contributed by atoms with E-state index in [0.717, 1.165) is 23.2 Å². The van der Waals surface area contributed by atoms with Crippen molar-refractivity contribution in [2.75, 3.05) is 5.01 Å². The van der Waals surface area contributed by atoms with Crippen LogP contribution in [0.3, 0.4) is 0 Å². The highest BCUT2D eigenvalue weighted by Crippen LogP contribution is 2.39. The maximum absolute atomic E-state index is 13.6. The van der Waals surface area contributed by atoms with Gasteiger partial charge in [-0.25, -0.2) is 14.6 Å². The molecule has 9 heteroatoms. The molecule has 0 bridgehead atoms. The van der Waals surface area contributed by atoms with Crippen molar-refractivity contribution in [2.45, 2.75) is 24.8 Å². The van der Waals surface area contributed by atoms with Crippen LogP contribution in [0.1, 0.15) is 22.6 Å². The van der Waals surface area contributed by atoms with E-state index in [1.54, 1.807) is 12.1 Å². The fourth-order valence-corrected chi connectivity index (χ4v) is 3.43. The average molecular weight is 423 g/mol. The van der Waals surface area contributed by atoms with Gasteiger partial charge < -0.3 is 0 Å². The van der Waals surface area contributed by atoms with Gasteiger partial charge in [-0.2, -0.15) is 13.2 Å². The van der Waals surface area contributed by atoms with Gasteiger partial charge in [-0.1, -0.05) is 41.4 Å². The van der Waals surface area contributed by atoms with Gasteiger partial charge in [-0.05, 0) is 41.0 Å². The van der Waals surface area contributed by atoms with Crippen LogP contribution in [-0.2, 0) is 6.42 Å². The molecule has 2 atom stereocenters. The standard InChI is InChI=1S/C18H13Cl2F5N2/c19-13-6-10(7-14(20)17(13)22)12(18(23,24)25)3-1-9-2-4-15-11(5-9)8-16(21)27(15)26/h1-7,12,16H,8,26H2/b3-1+. The molecule has 0 radical (unpaired) electrons. The second kappa shape index (κ2) is 7.30. The summed E-state index contributed by atoms with van der Waals surface area (Å²) in [4.78, 5) is 0. The molecule has 1 aliphatic heterocycles. The van der Waals surface area contributed by atoms with Crippen molar-refractivity contribution in [3.05, 3.63) is 69.0 Å². The van der Waals surface area contributed by atoms with E-state index in [2.05, 4.69) is 0 Å². The second-order valence-corrected chi connectivity index (χ2v) is 6.93. The maximum atomic E-state index is 13.6. The summed E-state index contributed by atoms with van der Waals surface area (Å²) in [6.45, 7) is 0. The monoisotopic (exact) mass is 422 g/mol. The van der Waals surface area contributed by atoms with Gasteiger partial charge in [0.15, 0.2) is 12.1 Å². The molecule has 0 saturated heterocycles. The van der Waals surface area contributed by atoms with E-state index < -0.39 is 34.3 Å². The molecule has 27 heavy (non-hydrogen) atoms. The molecule has 2 unspecified atom stereocenters. The fourth-order valence-electron chi connectivity index (χ4n) is 2.93. The Hall–Kier alpha value is -1.83. The van der Waals surface area contributed by atoms with Gasteiger partial charge in [0.05, 0.1) is 21.7 Å². The van der Waals surface area contributed by atoms with Gasteiger partial charge in [0, 0.05) is 6.42 Å². The van der Waals surface area contributed by atoms with Crippen molar-refractivity contribution >= 4 is 35.0 Å². The number of allylic oxidation sites excluding steroid dienone is 1. The number of hydrogen-bond donors (Lipinski definition) is 1. The quantitative estimate of drug-likeness (QED) is 0.283. The van der Waals surface area contributed by atoms with Crippen LogP contribution in [0.5, 0.6) is 0 Å². The van der Waals surface area contributed by atoms with Crippen LogP contribution < -0.4 is 10.9 Å². The SMILES string of the molecule is NN1c2ccc(/C=C/C(c3cc(Cl)c(F)c(Cl)c3)C(F)(F)F)cc2CC1F. The number of alkyl halides is 4. The molecule has 2 nitrogen and oxygen atoms in total. The average Bonchev–Trinajstić information content (AvgIpc) is 2.85. The lowest BCUT2D eigenvalue weighted by Gasteiger charge is -2.18. The zero-order valence-corrected chi connectivity index (χ0v) is 15.1. The molecule has 144 valence electrons. The number of benzene rings is 2. The normalized spacial score (nSPS) is 18.2. The summed E-state index contributed by atoms with van der Waals surface area (Å²) >= 11 is 11.2. The Morgan fingerprint density at radius 3 is 2.37 bits per heavy atom. The Bertz CT molecular complexity index is 875. The molecule has 1 heterocycles. The van der Waals surface area contributed by atoms with Crippen molar-refractivity contribution in [1.82, 2.24) is 0 Å². The zero-order chi connectivity index (χ0) is 19.9. The van der Waals surface area contributed by atoms with E-state index in [1.807, 2.05) is 0 Å². The first-order chi connectivity index (χ1) is 12.6. The first kappa shape index (κ1) is 19.9. The number of hydrogen-bond acceptors (Lipinski definition) is 2. The highest BCUT2D eigenvalue weighted by Gasteiger charge is 2.39. The van der Waals surface area contributed by atoms with Crippen LogP contribution in [0.2, 0.25) is 10.0 Å². The number of nitrogens with zero attached hydrogens (tertiary/aromatic N) is 1. The van der Waals surface area contributed by atoms with Gasteiger partial charge in [-0.15, -0.1) is 0 Å². The summed E-state index contributed by atoms with van der Waals surface area (Å²) in [5, 5.41) is -0.00598. The van der Waals surface area contributed by atoms with Crippen LogP contribution in [-0.4, -0.2) is 12.5 Å². The van der Waals surface area contributed by atoms with Gasteiger partial charge in [-0.3, -0.25) is 5.01 Å². The van der Waals surface area contributed by atoms with E-state index in [0.29, 0.717) is 16.8 Å². The van der Waals surface area contributed by atoms with Crippen LogP contribution in [0.15, 0.2) is 36.4 Å². The summed E-state index contributed by atoms with van der Waals surface area (Å²) in [7, 11) is 0. The number of nitrogens with two attached hydrogens (primary N) is 1. The lowest BCUT2D eigenvalue weighted by Crippen LogP contribution is -2.34. The number of anilines is 1. The highest BCUT2D eigenvalue weighted by atomic mass is 35.5. The molecule has 2 N–H and O–H groups in total. The zero-order valence-electron chi connectivity index (χ0n) is 13.6. The molecule has 0 aromatic heterocycles. The number of rotatable bonds is 3. The Morgan fingerprint density at radius 1 is 1.15 bits per heavy atom. The van der Waals surface area contributed by atoms with Gasteiger partial charge in [0.2, 0.25) is 0 Å². The molecule has 3 rings (SSSR count). The van der Waals surface area contributed by atoms with Crippen LogP contribution in [0.25, 0.3) is 6.08 Å². The highest BCUT2D eigenvalue weighted by molar-refractivity contribution is 6.35. The largest absolute Gasteiger partial charge is 0.399 e. The van der Waals surface area contributed by atoms with E-state index in [4.69, 9.17) is 29.0 Å². The molecule has 0 aliphatic carbocycles. The fraction of sp³-hybridized carbons (Fsp3) is 0.222. The molecule has 0 fully saturated rings. The van der Waals surface area contributed by atoms with Crippen LogP contribution in [0.4, 0.5) is 27.6 Å². The number of halogens is 7. The molecule has 1 aliphatic rings. The van der Waals surface area contributed by atoms with E-state index >= 15 is 0 Å². The first-order valence-electron chi connectivity index (χ1n) is 7.78. The minimum atomic E-state index is -4.64. The minimum Gasteiger partial charge on any atom is -0.277 e. The summed E-state index contributed by atoms with van der Waals surface area (Å²) in [6.07, 6.45) is -3.78. The first-order valence-corrected chi connectivity index (χ1v) is 8.54. The molecular formula is C18H13Cl2F5N2. The Kier molecular flexibility index (Phi) is 5.38. The maximum Gasteiger partial charge on any atom is 0.399 e. The Balaban J connectivity index is 1.94. The third-order valence-electron chi connectivity index (χ3n) is 4.27. The van der Waals surface area contributed by atoms with E-state index in [9.17, 15) is 22.0 Å². The van der Waals surface area contributed by atoms with Crippen molar-refractivity contribution in [3.8, 4) is 0 Å². The molecule has 2 aromatic carbocycles. The van der Waals surface area contributed by atoms with Crippen LogP contribution >= 0.6 is 23.2 Å². The summed E-state index contributed by atoms with van der Waals surface area (Å²) in [6, 6.07) is 6.44. The van der Waals surface area contributed by atoms with Gasteiger partial charge >= 0.3 is 6.18 Å². The van der Waals surface area contributed by atoms with Crippen LogP contribution in [0, 0.1) is 5.82 Å². The Morgan fingerprint density at radius 2 is 1.78 bits per heavy atom. The summed E-state index contributed by atoms with van der Waals surface area (Å²) < 4.78 is 67.6. The smallest absolute Gasteiger partial charge is 0.277 e. The predicted molar refractivity (Wildman–Crippen MR) is 96.0 cm³/mol. The molecule has 0 amide bonds. The molecule has 2 aromatic rings. The lowest BCUT2D eigenvalue weighted by molar-refractivity contribution is -0.139. The predicted octanol–water partition coefficient (Wildman–Crippen LogP) is 6.02. The minimum absolute atomic E-state index is 0.0550. The number of fused-ring (bicyclic) bond motifs is 1.